The number of sulfonamides is 1. The molecule has 4 N–H and O–H groups in total. The summed E-state index contributed by atoms with van der Waals surface area (Å²) in [6.07, 6.45) is 0. The predicted octanol–water partition coefficient (Wildman–Crippen LogP) is 3.87. The molecule has 0 bridgehead atoms. The molecule has 0 saturated heterocycles. The highest BCUT2D eigenvalue weighted by Gasteiger charge is 2.35. The number of carbonyl (C=O) groups is 1. The molecule has 0 aliphatic carbocycles. The summed E-state index contributed by atoms with van der Waals surface area (Å²) < 4.78 is 23.2. The molecular weight excluding hydrogens is 494 g/mol. The van der Waals surface area contributed by atoms with Crippen molar-refractivity contribution in [3.8, 4) is 0 Å². The van der Waals surface area contributed by atoms with E-state index in [-0.39, 0.29) is 27.0 Å². The molecule has 3 aromatic carbocycles. The lowest BCUT2D eigenvalue weighted by Crippen LogP contribution is -2.32. The van der Waals surface area contributed by atoms with Gasteiger partial charge in [0.2, 0.25) is 10.0 Å². The lowest BCUT2D eigenvalue weighted by atomic mass is 9.85. The molecule has 1 amide bonds. The number of nitrogens with two attached hydrogens (primary N) is 1. The number of benzene rings is 3. The molecule has 1 aliphatic rings. The Kier molecular flexibility index (Phi) is 6.94. The molecule has 0 aromatic heterocycles. The van der Waals surface area contributed by atoms with E-state index in [1.807, 2.05) is 48.5 Å². The maximum atomic E-state index is 13.5. The Hall–Kier alpha value is -3.60. The molecule has 0 radical (unpaired) electrons. The predicted molar refractivity (Wildman–Crippen MR) is 146 cm³/mol. The standard InChI is InChI=1S/C26H27N5O3S2/c1-26(2,3)18-12-13-22-21(14-18)23(24(32)31(22)16-17-8-5-4-6-9-17)29-30-25(35)28-19-10-7-11-20(15-19)36(27,33)34/h4-15H,16H2,1-3H3,(H2,27,33,34)(H2,28,30,35). The SMILES string of the molecule is CC(C)(C)c1ccc2c(c1)C(=NNC(=S)Nc1cccc(S(N)(=O)=O)c1)C(=O)N2Cc1ccccc1. The number of carbonyl (C=O) groups excluding carboxylic acids is 1. The number of thiocarbonyl (C=S) groups is 1. The number of nitrogens with zero attached hydrogens (tertiary/aromatic N) is 2. The summed E-state index contributed by atoms with van der Waals surface area (Å²) in [7, 11) is -3.86. The molecule has 8 nitrogen and oxygen atoms in total. The van der Waals surface area contributed by atoms with Crippen LogP contribution >= 0.6 is 12.2 Å². The third-order valence-electron chi connectivity index (χ3n) is 5.73. The Morgan fingerprint density at radius 1 is 1.03 bits per heavy atom. The molecule has 4 rings (SSSR count). The van der Waals surface area contributed by atoms with E-state index in [9.17, 15) is 13.2 Å². The second-order valence-electron chi connectivity index (χ2n) is 9.46. The summed E-state index contributed by atoms with van der Waals surface area (Å²) >= 11 is 5.33. The van der Waals surface area contributed by atoms with Crippen molar-refractivity contribution in [2.45, 2.75) is 37.6 Å². The Bertz CT molecular complexity index is 1460. The van der Waals surface area contributed by atoms with Gasteiger partial charge in [0.05, 0.1) is 17.1 Å². The van der Waals surface area contributed by atoms with E-state index in [1.54, 1.807) is 17.0 Å². The van der Waals surface area contributed by atoms with Gasteiger partial charge in [0.1, 0.15) is 0 Å². The number of fused-ring (bicyclic) bond motifs is 1. The first-order valence-electron chi connectivity index (χ1n) is 11.2. The van der Waals surface area contributed by atoms with Crippen molar-refractivity contribution in [3.05, 3.63) is 89.5 Å². The van der Waals surface area contributed by atoms with Crippen LogP contribution in [0.3, 0.4) is 0 Å². The molecule has 36 heavy (non-hydrogen) atoms. The Morgan fingerprint density at radius 2 is 1.75 bits per heavy atom. The van der Waals surface area contributed by atoms with Crippen LogP contribution in [0.4, 0.5) is 11.4 Å². The largest absolute Gasteiger partial charge is 0.331 e. The van der Waals surface area contributed by atoms with Crippen LogP contribution in [0, 0.1) is 0 Å². The van der Waals surface area contributed by atoms with Gasteiger partial charge in [0.15, 0.2) is 10.8 Å². The van der Waals surface area contributed by atoms with Gasteiger partial charge >= 0.3 is 0 Å². The topological polar surface area (TPSA) is 117 Å². The highest BCUT2D eigenvalue weighted by atomic mass is 32.2. The first kappa shape index (κ1) is 25.5. The van der Waals surface area contributed by atoms with Gasteiger partial charge in [0.25, 0.3) is 5.91 Å². The third-order valence-corrected chi connectivity index (χ3v) is 6.83. The van der Waals surface area contributed by atoms with Crippen molar-refractivity contribution in [2.75, 3.05) is 10.2 Å². The van der Waals surface area contributed by atoms with E-state index < -0.39 is 10.0 Å². The number of primary sulfonamides is 1. The molecule has 0 atom stereocenters. The maximum absolute atomic E-state index is 13.5. The summed E-state index contributed by atoms with van der Waals surface area (Å²) in [5.74, 6) is -0.244. The molecule has 0 fully saturated rings. The molecule has 3 aromatic rings. The van der Waals surface area contributed by atoms with Crippen LogP contribution in [-0.2, 0) is 26.8 Å². The normalized spacial score (nSPS) is 14.6. The summed E-state index contributed by atoms with van der Waals surface area (Å²) in [6, 6.07) is 21.7. The summed E-state index contributed by atoms with van der Waals surface area (Å²) in [5.41, 5.74) is 6.83. The minimum absolute atomic E-state index is 0.0484. The third kappa shape index (κ3) is 5.62. The highest BCUT2D eigenvalue weighted by molar-refractivity contribution is 7.89. The minimum atomic E-state index is -3.86. The van der Waals surface area contributed by atoms with E-state index in [1.165, 1.54) is 12.1 Å². The fraction of sp³-hybridized carbons (Fsp3) is 0.192. The number of anilines is 2. The van der Waals surface area contributed by atoms with Crippen LogP contribution in [0.5, 0.6) is 0 Å². The van der Waals surface area contributed by atoms with Crippen LogP contribution in [0.25, 0.3) is 0 Å². The maximum Gasteiger partial charge on any atom is 0.279 e. The van der Waals surface area contributed by atoms with Crippen molar-refractivity contribution in [2.24, 2.45) is 10.2 Å². The average molecular weight is 522 g/mol. The van der Waals surface area contributed by atoms with Gasteiger partial charge in [-0.15, -0.1) is 0 Å². The van der Waals surface area contributed by atoms with Gasteiger partial charge in [-0.2, -0.15) is 5.10 Å². The van der Waals surface area contributed by atoms with Gasteiger partial charge in [-0.25, -0.2) is 13.6 Å². The molecule has 10 heteroatoms. The second kappa shape index (κ2) is 9.81. The van der Waals surface area contributed by atoms with E-state index in [0.717, 1.165) is 22.4 Å². The lowest BCUT2D eigenvalue weighted by Gasteiger charge is -2.21. The van der Waals surface area contributed by atoms with Gasteiger partial charge in [-0.05, 0) is 59.1 Å². The van der Waals surface area contributed by atoms with Crippen molar-refractivity contribution < 1.29 is 13.2 Å². The average Bonchev–Trinajstić information content (AvgIpc) is 3.07. The monoisotopic (exact) mass is 521 g/mol. The molecule has 0 spiro atoms. The van der Waals surface area contributed by atoms with Crippen LogP contribution in [-0.4, -0.2) is 25.1 Å². The summed E-state index contributed by atoms with van der Waals surface area (Å²) in [4.78, 5) is 15.1. The van der Waals surface area contributed by atoms with E-state index in [0.29, 0.717) is 12.2 Å². The number of amides is 1. The first-order valence-corrected chi connectivity index (χ1v) is 13.2. The summed E-state index contributed by atoms with van der Waals surface area (Å²) in [5, 5.41) is 12.5. The Labute approximate surface area is 216 Å². The van der Waals surface area contributed by atoms with Crippen LogP contribution in [0.2, 0.25) is 0 Å². The van der Waals surface area contributed by atoms with E-state index in [4.69, 9.17) is 17.4 Å². The number of hydrogen-bond acceptors (Lipinski definition) is 5. The quantitative estimate of drug-likeness (QED) is 0.347. The summed E-state index contributed by atoms with van der Waals surface area (Å²) in [6.45, 7) is 6.73. The molecular formula is C26H27N5O3S2. The molecule has 186 valence electrons. The highest BCUT2D eigenvalue weighted by Crippen LogP contribution is 2.34. The molecule has 0 unspecified atom stereocenters. The van der Waals surface area contributed by atoms with Crippen molar-refractivity contribution in [1.29, 1.82) is 0 Å². The van der Waals surface area contributed by atoms with Gasteiger partial charge in [0, 0.05) is 11.3 Å². The smallest absolute Gasteiger partial charge is 0.279 e. The minimum Gasteiger partial charge on any atom is -0.331 e. The number of nitrogens with one attached hydrogen (secondary N) is 2. The second-order valence-corrected chi connectivity index (χ2v) is 11.4. The molecule has 0 saturated carbocycles. The number of hydrogen-bond donors (Lipinski definition) is 3. The van der Waals surface area contributed by atoms with Gasteiger partial charge in [-0.3, -0.25) is 10.2 Å². The van der Waals surface area contributed by atoms with Gasteiger partial charge < -0.3 is 10.2 Å². The lowest BCUT2D eigenvalue weighted by molar-refractivity contribution is -0.112. The Morgan fingerprint density at radius 3 is 2.42 bits per heavy atom. The zero-order valence-electron chi connectivity index (χ0n) is 20.1. The fourth-order valence-electron chi connectivity index (χ4n) is 3.83. The van der Waals surface area contributed by atoms with Crippen LogP contribution in [0.1, 0.15) is 37.5 Å². The van der Waals surface area contributed by atoms with Crippen molar-refractivity contribution >= 4 is 50.3 Å². The molecule has 1 aliphatic heterocycles. The first-order chi connectivity index (χ1) is 16.9. The van der Waals surface area contributed by atoms with Crippen LogP contribution in [0.15, 0.2) is 82.8 Å². The Balaban J connectivity index is 1.62. The van der Waals surface area contributed by atoms with Crippen molar-refractivity contribution in [1.82, 2.24) is 5.43 Å². The van der Waals surface area contributed by atoms with Gasteiger partial charge in [-0.1, -0.05) is 63.2 Å². The number of hydrazone groups is 1. The van der Waals surface area contributed by atoms with E-state index >= 15 is 0 Å². The van der Waals surface area contributed by atoms with Crippen molar-refractivity contribution in [3.63, 3.8) is 0 Å². The fourth-order valence-corrected chi connectivity index (χ4v) is 4.55. The zero-order chi connectivity index (χ0) is 26.1. The van der Waals surface area contributed by atoms with E-state index in [2.05, 4.69) is 36.6 Å². The number of rotatable bonds is 5. The zero-order valence-corrected chi connectivity index (χ0v) is 21.8. The molecule has 1 heterocycles. The van der Waals surface area contributed by atoms with Crippen LogP contribution < -0.4 is 20.8 Å².